The molecule has 1 saturated carbocycles. The van der Waals surface area contributed by atoms with E-state index in [1.807, 2.05) is 11.8 Å². The van der Waals surface area contributed by atoms with Gasteiger partial charge in [0, 0.05) is 31.1 Å². The molecule has 3 unspecified atom stereocenters. The summed E-state index contributed by atoms with van der Waals surface area (Å²) in [6.45, 7) is 16.9. The van der Waals surface area contributed by atoms with Gasteiger partial charge in [0.1, 0.15) is 11.6 Å². The Kier molecular flexibility index (Phi) is 6.60. The molecule has 3 aliphatic rings. The van der Waals surface area contributed by atoms with Gasteiger partial charge in [0.25, 0.3) is 0 Å². The quantitative estimate of drug-likeness (QED) is 0.379. The second-order valence-corrected chi connectivity index (χ2v) is 10.5. The molecule has 4 rings (SSSR count). The highest BCUT2D eigenvalue weighted by Gasteiger charge is 2.58. The average molecular weight is 470 g/mol. The number of halogens is 2. The Morgan fingerprint density at radius 3 is 2.38 bits per heavy atom. The van der Waals surface area contributed by atoms with Gasteiger partial charge in [-0.2, -0.15) is 10.2 Å². The van der Waals surface area contributed by atoms with E-state index in [0.717, 1.165) is 39.1 Å². The van der Waals surface area contributed by atoms with Crippen LogP contribution in [0.25, 0.3) is 5.70 Å². The van der Waals surface area contributed by atoms with Crippen LogP contribution in [0.15, 0.2) is 59.4 Å². The van der Waals surface area contributed by atoms with Crippen LogP contribution < -0.4 is 0 Å². The van der Waals surface area contributed by atoms with E-state index in [-0.39, 0.29) is 23.1 Å². The van der Waals surface area contributed by atoms with Gasteiger partial charge in [-0.3, -0.25) is 4.79 Å². The molecule has 0 spiro atoms. The van der Waals surface area contributed by atoms with Crippen LogP contribution in [0.1, 0.15) is 39.2 Å². The number of benzene rings is 1. The predicted molar refractivity (Wildman–Crippen MR) is 128 cm³/mol. The summed E-state index contributed by atoms with van der Waals surface area (Å²) in [5, 5.41) is 7.76. The molecule has 182 valence electrons. The molecule has 34 heavy (non-hydrogen) atoms. The van der Waals surface area contributed by atoms with Crippen molar-refractivity contribution in [3.63, 3.8) is 0 Å². The van der Waals surface area contributed by atoms with E-state index >= 15 is 0 Å². The van der Waals surface area contributed by atoms with Crippen molar-refractivity contribution in [1.82, 2.24) is 4.90 Å². The maximum atomic E-state index is 14.5. The number of fused-ring (bicyclic) bond motifs is 1. The third-order valence-corrected chi connectivity index (χ3v) is 8.46. The first-order valence-corrected chi connectivity index (χ1v) is 11.8. The third kappa shape index (κ3) is 4.04. The van der Waals surface area contributed by atoms with Gasteiger partial charge in [-0.1, -0.05) is 40.0 Å². The van der Waals surface area contributed by atoms with Crippen molar-refractivity contribution in [3.05, 3.63) is 66.4 Å². The van der Waals surface area contributed by atoms with Crippen LogP contribution in [0.5, 0.6) is 0 Å². The van der Waals surface area contributed by atoms with Gasteiger partial charge in [-0.15, -0.1) is 0 Å². The van der Waals surface area contributed by atoms with E-state index in [9.17, 15) is 13.6 Å². The molecule has 1 aromatic carbocycles. The van der Waals surface area contributed by atoms with E-state index in [4.69, 9.17) is 4.74 Å². The molecular weight excluding hydrogens is 436 g/mol. The Labute approximate surface area is 200 Å². The van der Waals surface area contributed by atoms with Gasteiger partial charge in [-0.25, -0.2) is 8.78 Å². The first-order chi connectivity index (χ1) is 16.1. The van der Waals surface area contributed by atoms with Crippen molar-refractivity contribution in [2.75, 3.05) is 26.3 Å². The first-order valence-electron chi connectivity index (χ1n) is 11.8. The molecule has 1 aliphatic carbocycles. The van der Waals surface area contributed by atoms with Crippen LogP contribution in [0.2, 0.25) is 0 Å². The summed E-state index contributed by atoms with van der Waals surface area (Å²) < 4.78 is 34.6. The summed E-state index contributed by atoms with van der Waals surface area (Å²) in [7, 11) is 0. The lowest BCUT2D eigenvalue weighted by atomic mass is 9.63. The summed E-state index contributed by atoms with van der Waals surface area (Å²) in [4.78, 5) is 15.8. The normalized spacial score (nSPS) is 30.7. The number of likely N-dealkylation sites (tertiary alicyclic amines) is 1. The molecule has 2 aliphatic heterocycles. The summed E-state index contributed by atoms with van der Waals surface area (Å²) >= 11 is 0. The van der Waals surface area contributed by atoms with Crippen LogP contribution in [0, 0.1) is 40.2 Å². The van der Waals surface area contributed by atoms with E-state index < -0.39 is 22.5 Å². The highest BCUT2D eigenvalue weighted by Crippen LogP contribution is 2.59. The molecule has 0 radical (unpaired) electrons. The van der Waals surface area contributed by atoms with Gasteiger partial charge >= 0.3 is 0 Å². The maximum absolute atomic E-state index is 14.5. The van der Waals surface area contributed by atoms with Crippen molar-refractivity contribution < 1.29 is 18.3 Å². The minimum absolute atomic E-state index is 0.0450. The van der Waals surface area contributed by atoms with Gasteiger partial charge < -0.3 is 9.64 Å². The molecule has 2 heterocycles. The second kappa shape index (κ2) is 9.17. The van der Waals surface area contributed by atoms with Crippen molar-refractivity contribution in [1.29, 1.82) is 0 Å². The Bertz CT molecular complexity index is 1030. The Morgan fingerprint density at radius 1 is 1.18 bits per heavy atom. The van der Waals surface area contributed by atoms with Crippen molar-refractivity contribution in [2.45, 2.75) is 33.6 Å². The second-order valence-electron chi connectivity index (χ2n) is 10.5. The Hall–Kier alpha value is -2.67. The highest BCUT2D eigenvalue weighted by atomic mass is 19.1. The minimum atomic E-state index is -0.726. The summed E-state index contributed by atoms with van der Waals surface area (Å²) in [6, 6.07) is 3.68. The highest BCUT2D eigenvalue weighted by molar-refractivity contribution is 5.84. The number of carbonyl (C=O) groups excluding carboxylic acids is 1. The molecule has 1 aromatic rings. The molecule has 2 saturated heterocycles. The number of azo groups is 1. The van der Waals surface area contributed by atoms with Gasteiger partial charge in [0.05, 0.1) is 29.9 Å². The van der Waals surface area contributed by atoms with E-state index in [1.54, 1.807) is 6.08 Å². The smallest absolute Gasteiger partial charge is 0.229 e. The molecule has 0 bridgehead atoms. The molecule has 7 heteroatoms. The molecule has 4 atom stereocenters. The SMILES string of the molecule is C=C/N=N\C(=C/C(=C)C1CC[C@](C)(C(=O)N2CC3COCC3C2)C1(C)C)c1c(F)cccc1F. The lowest BCUT2D eigenvalue weighted by Crippen LogP contribution is -2.48. The van der Waals surface area contributed by atoms with E-state index in [2.05, 4.69) is 37.2 Å². The van der Waals surface area contributed by atoms with Crippen LogP contribution in [-0.4, -0.2) is 37.1 Å². The predicted octanol–water partition coefficient (Wildman–Crippen LogP) is 6.00. The lowest BCUT2D eigenvalue weighted by Gasteiger charge is -2.43. The van der Waals surface area contributed by atoms with Crippen LogP contribution in [-0.2, 0) is 9.53 Å². The number of hydrogen-bond acceptors (Lipinski definition) is 4. The average Bonchev–Trinajstić information content (AvgIpc) is 3.44. The summed E-state index contributed by atoms with van der Waals surface area (Å²) in [5.41, 5.74) is -0.521. The van der Waals surface area contributed by atoms with Crippen molar-refractivity contribution >= 4 is 11.6 Å². The number of carbonyl (C=O) groups is 1. The van der Waals surface area contributed by atoms with Gasteiger partial charge in [0.15, 0.2) is 0 Å². The number of nitrogens with zero attached hydrogens (tertiary/aromatic N) is 3. The molecule has 0 aromatic heterocycles. The zero-order chi connectivity index (χ0) is 24.7. The summed E-state index contributed by atoms with van der Waals surface area (Å²) in [6.07, 6.45) is 4.27. The van der Waals surface area contributed by atoms with Gasteiger partial charge in [0.2, 0.25) is 5.91 Å². The number of amides is 1. The van der Waals surface area contributed by atoms with Crippen LogP contribution >= 0.6 is 0 Å². The monoisotopic (exact) mass is 469 g/mol. The summed E-state index contributed by atoms with van der Waals surface area (Å²) in [5.74, 6) is -0.473. The zero-order valence-corrected chi connectivity index (χ0v) is 20.2. The van der Waals surface area contributed by atoms with Crippen molar-refractivity contribution in [2.24, 2.45) is 38.8 Å². The largest absolute Gasteiger partial charge is 0.381 e. The fourth-order valence-electron chi connectivity index (χ4n) is 6.01. The topological polar surface area (TPSA) is 54.3 Å². The minimum Gasteiger partial charge on any atom is -0.381 e. The van der Waals surface area contributed by atoms with Gasteiger partial charge in [-0.05, 0) is 48.0 Å². The molecule has 1 amide bonds. The number of allylic oxidation sites excluding steroid dienone is 2. The fourth-order valence-corrected chi connectivity index (χ4v) is 6.01. The van der Waals surface area contributed by atoms with Crippen LogP contribution in [0.4, 0.5) is 8.78 Å². The third-order valence-electron chi connectivity index (χ3n) is 8.46. The molecular formula is C27H33F2N3O2. The first kappa shape index (κ1) is 24.5. The van der Waals surface area contributed by atoms with E-state index in [1.165, 1.54) is 24.4 Å². The van der Waals surface area contributed by atoms with E-state index in [0.29, 0.717) is 17.4 Å². The number of hydrogen-bond donors (Lipinski definition) is 0. The fraction of sp³-hybridized carbons (Fsp3) is 0.519. The van der Waals surface area contributed by atoms with Crippen molar-refractivity contribution in [3.8, 4) is 0 Å². The number of rotatable bonds is 6. The maximum Gasteiger partial charge on any atom is 0.229 e. The Morgan fingerprint density at radius 2 is 1.79 bits per heavy atom. The Balaban J connectivity index is 1.60. The van der Waals surface area contributed by atoms with Crippen LogP contribution in [0.3, 0.4) is 0 Å². The number of ether oxygens (including phenoxy) is 1. The molecule has 3 fully saturated rings. The zero-order valence-electron chi connectivity index (χ0n) is 20.2. The molecule has 5 nitrogen and oxygen atoms in total. The lowest BCUT2D eigenvalue weighted by molar-refractivity contribution is -0.146. The standard InChI is InChI=1S/C27H33F2N3O2/c1-6-30-31-23(24-21(28)8-7-9-22(24)29)12-17(2)20-10-11-27(5,26(20,3)4)25(33)32-13-18-15-34-16-19(18)14-32/h6-9,12,18-20H,1-2,10-11,13-16H2,3-5H3/b23-12-,31-30-/t18?,19?,20?,27-/m1/s1. The molecule has 0 N–H and O–H groups in total.